The van der Waals surface area contributed by atoms with Crippen molar-refractivity contribution in [3.05, 3.63) is 34.9 Å². The first-order valence-electron chi connectivity index (χ1n) is 10.2. The van der Waals surface area contributed by atoms with Gasteiger partial charge in [-0.1, -0.05) is 23.7 Å². The summed E-state index contributed by atoms with van der Waals surface area (Å²) in [5.41, 5.74) is 1.21. The van der Waals surface area contributed by atoms with E-state index in [4.69, 9.17) is 11.6 Å². The van der Waals surface area contributed by atoms with Crippen molar-refractivity contribution in [2.75, 3.05) is 39.3 Å². The van der Waals surface area contributed by atoms with Crippen LogP contribution in [0.3, 0.4) is 0 Å². The average molecular weight is 407 g/mol. The summed E-state index contributed by atoms with van der Waals surface area (Å²) in [6.45, 7) is 9.41. The summed E-state index contributed by atoms with van der Waals surface area (Å²) in [7, 11) is 0. The van der Waals surface area contributed by atoms with E-state index in [1.807, 2.05) is 41.8 Å². The van der Waals surface area contributed by atoms with Crippen LogP contribution in [-0.2, 0) is 11.3 Å². The number of carbonyl (C=O) groups is 2. The molecule has 2 aliphatic rings. The van der Waals surface area contributed by atoms with Gasteiger partial charge >= 0.3 is 6.03 Å². The smallest absolute Gasteiger partial charge is 0.317 e. The molecule has 0 spiro atoms. The molecule has 154 valence electrons. The van der Waals surface area contributed by atoms with Gasteiger partial charge in [0.2, 0.25) is 5.91 Å². The maximum absolute atomic E-state index is 12.9. The van der Waals surface area contributed by atoms with E-state index < -0.39 is 0 Å². The van der Waals surface area contributed by atoms with E-state index in [-0.39, 0.29) is 23.9 Å². The van der Waals surface area contributed by atoms with E-state index in [0.29, 0.717) is 13.1 Å². The molecule has 1 aromatic carbocycles. The summed E-state index contributed by atoms with van der Waals surface area (Å²) >= 11 is 6.07. The van der Waals surface area contributed by atoms with Crippen molar-refractivity contribution >= 4 is 23.5 Å². The molecule has 0 radical (unpaired) electrons. The van der Waals surface area contributed by atoms with Crippen LogP contribution in [0.2, 0.25) is 5.02 Å². The third-order valence-corrected chi connectivity index (χ3v) is 5.76. The van der Waals surface area contributed by atoms with Crippen LogP contribution in [0.4, 0.5) is 4.79 Å². The molecule has 7 heteroatoms. The van der Waals surface area contributed by atoms with Crippen molar-refractivity contribution in [1.29, 1.82) is 0 Å². The molecule has 2 saturated heterocycles. The Morgan fingerprint density at radius 2 is 1.75 bits per heavy atom. The van der Waals surface area contributed by atoms with Crippen molar-refractivity contribution in [3.8, 4) is 0 Å². The van der Waals surface area contributed by atoms with Gasteiger partial charge in [-0.3, -0.25) is 9.69 Å². The number of rotatable bonds is 4. The van der Waals surface area contributed by atoms with Crippen molar-refractivity contribution in [2.45, 2.75) is 39.3 Å². The third-order valence-electron chi connectivity index (χ3n) is 5.52. The highest BCUT2D eigenvalue weighted by atomic mass is 35.5. The Labute approximate surface area is 172 Å². The number of benzene rings is 1. The van der Waals surface area contributed by atoms with E-state index in [9.17, 15) is 9.59 Å². The highest BCUT2D eigenvalue weighted by molar-refractivity contribution is 6.30. The first kappa shape index (κ1) is 20.9. The lowest BCUT2D eigenvalue weighted by Gasteiger charge is -2.38. The van der Waals surface area contributed by atoms with Crippen LogP contribution in [0.5, 0.6) is 0 Å². The zero-order chi connectivity index (χ0) is 20.1. The number of carbonyl (C=O) groups excluding carboxylic acids is 2. The van der Waals surface area contributed by atoms with E-state index in [1.165, 1.54) is 5.56 Å². The van der Waals surface area contributed by atoms with E-state index in [0.717, 1.165) is 50.6 Å². The molecule has 0 aromatic heterocycles. The zero-order valence-electron chi connectivity index (χ0n) is 16.9. The molecule has 1 aromatic rings. The number of piperazine rings is 1. The molecule has 0 unspecified atom stereocenters. The molecule has 0 atom stereocenters. The Kier molecular flexibility index (Phi) is 7.18. The van der Waals surface area contributed by atoms with Crippen LogP contribution in [0.15, 0.2) is 24.3 Å². The minimum Gasteiger partial charge on any atom is -0.340 e. The van der Waals surface area contributed by atoms with Gasteiger partial charge in [0.25, 0.3) is 0 Å². The molecule has 1 N–H and O–H groups in total. The predicted octanol–water partition coefficient (Wildman–Crippen LogP) is 2.81. The molecule has 0 bridgehead atoms. The monoisotopic (exact) mass is 406 g/mol. The fourth-order valence-electron chi connectivity index (χ4n) is 3.95. The van der Waals surface area contributed by atoms with Gasteiger partial charge in [-0.05, 0) is 44.4 Å². The quantitative estimate of drug-likeness (QED) is 0.836. The summed E-state index contributed by atoms with van der Waals surface area (Å²) in [6.07, 6.45) is 1.51. The Morgan fingerprint density at radius 1 is 1.07 bits per heavy atom. The number of piperidine rings is 1. The van der Waals surface area contributed by atoms with Crippen molar-refractivity contribution in [2.24, 2.45) is 5.92 Å². The molecule has 0 aliphatic carbocycles. The molecule has 2 heterocycles. The van der Waals surface area contributed by atoms with Gasteiger partial charge in [0.05, 0.1) is 0 Å². The summed E-state index contributed by atoms with van der Waals surface area (Å²) in [5.74, 6) is 0.300. The lowest BCUT2D eigenvalue weighted by molar-refractivity contribution is -0.138. The minimum atomic E-state index is -0.0180. The van der Waals surface area contributed by atoms with Gasteiger partial charge in [0.15, 0.2) is 0 Å². The summed E-state index contributed by atoms with van der Waals surface area (Å²) in [4.78, 5) is 31.2. The standard InChI is InChI=1S/C21H31ClN4O2/c1-16(2)23-21(28)26-8-6-18(7-9-26)20(27)25-12-10-24(11-13-25)15-17-4-3-5-19(22)14-17/h3-5,14,16,18H,6-13,15H2,1-2H3,(H,23,28). The molecule has 3 rings (SSSR count). The molecule has 2 fully saturated rings. The molecule has 0 saturated carbocycles. The van der Waals surface area contributed by atoms with Gasteiger partial charge in [0.1, 0.15) is 0 Å². The van der Waals surface area contributed by atoms with Gasteiger partial charge in [-0.25, -0.2) is 4.79 Å². The summed E-state index contributed by atoms with van der Waals surface area (Å²) in [6, 6.07) is 8.07. The third kappa shape index (κ3) is 5.61. The van der Waals surface area contributed by atoms with Gasteiger partial charge in [-0.15, -0.1) is 0 Å². The molecule has 28 heavy (non-hydrogen) atoms. The predicted molar refractivity (Wildman–Crippen MR) is 111 cm³/mol. The minimum absolute atomic E-state index is 0.0180. The molecular weight excluding hydrogens is 376 g/mol. The number of nitrogens with one attached hydrogen (secondary N) is 1. The van der Waals surface area contributed by atoms with E-state index >= 15 is 0 Å². The van der Waals surface area contributed by atoms with Crippen LogP contribution in [0.1, 0.15) is 32.3 Å². The lowest BCUT2D eigenvalue weighted by atomic mass is 9.95. The second kappa shape index (κ2) is 9.61. The first-order valence-corrected chi connectivity index (χ1v) is 10.6. The normalized spacial score (nSPS) is 19.1. The maximum Gasteiger partial charge on any atom is 0.317 e. The van der Waals surface area contributed by atoms with Crippen LogP contribution < -0.4 is 5.32 Å². The number of likely N-dealkylation sites (tertiary alicyclic amines) is 1. The number of halogens is 1. The summed E-state index contributed by atoms with van der Waals surface area (Å²) < 4.78 is 0. The zero-order valence-corrected chi connectivity index (χ0v) is 17.6. The molecule has 6 nitrogen and oxygen atoms in total. The van der Waals surface area contributed by atoms with Gasteiger partial charge in [-0.2, -0.15) is 0 Å². The highest BCUT2D eigenvalue weighted by Crippen LogP contribution is 2.21. The Hall–Kier alpha value is -1.79. The van der Waals surface area contributed by atoms with Crippen LogP contribution in [0, 0.1) is 5.92 Å². The van der Waals surface area contributed by atoms with Crippen LogP contribution in [-0.4, -0.2) is 71.9 Å². The second-order valence-corrected chi connectivity index (χ2v) is 8.53. The highest BCUT2D eigenvalue weighted by Gasteiger charge is 2.31. The molecule has 2 aliphatic heterocycles. The Balaban J connectivity index is 1.42. The van der Waals surface area contributed by atoms with Crippen LogP contribution >= 0.6 is 11.6 Å². The first-order chi connectivity index (χ1) is 13.4. The molecular formula is C21H31ClN4O2. The lowest BCUT2D eigenvalue weighted by Crippen LogP contribution is -2.52. The number of hydrogen-bond acceptors (Lipinski definition) is 3. The Morgan fingerprint density at radius 3 is 2.36 bits per heavy atom. The Bertz CT molecular complexity index is 681. The second-order valence-electron chi connectivity index (χ2n) is 8.10. The van der Waals surface area contributed by atoms with Crippen LogP contribution in [0.25, 0.3) is 0 Å². The van der Waals surface area contributed by atoms with Gasteiger partial charge in [0, 0.05) is 62.8 Å². The van der Waals surface area contributed by atoms with E-state index in [2.05, 4.69) is 16.3 Å². The number of nitrogens with zero attached hydrogens (tertiary/aromatic N) is 3. The maximum atomic E-state index is 12.9. The van der Waals surface area contributed by atoms with Crippen molar-refractivity contribution in [3.63, 3.8) is 0 Å². The van der Waals surface area contributed by atoms with E-state index in [1.54, 1.807) is 0 Å². The van der Waals surface area contributed by atoms with Crippen molar-refractivity contribution < 1.29 is 9.59 Å². The number of hydrogen-bond donors (Lipinski definition) is 1. The largest absolute Gasteiger partial charge is 0.340 e. The number of amides is 3. The average Bonchev–Trinajstić information content (AvgIpc) is 2.68. The van der Waals surface area contributed by atoms with Crippen molar-refractivity contribution in [1.82, 2.24) is 20.0 Å². The van der Waals surface area contributed by atoms with Gasteiger partial charge < -0.3 is 15.1 Å². The fourth-order valence-corrected chi connectivity index (χ4v) is 4.16. The fraction of sp³-hybridized carbons (Fsp3) is 0.619. The topological polar surface area (TPSA) is 55.9 Å². The summed E-state index contributed by atoms with van der Waals surface area (Å²) in [5, 5.41) is 3.69. The SMILES string of the molecule is CC(C)NC(=O)N1CCC(C(=O)N2CCN(Cc3cccc(Cl)c3)CC2)CC1. The number of urea groups is 1. The molecule has 3 amide bonds.